The van der Waals surface area contributed by atoms with E-state index in [-0.39, 0.29) is 13.0 Å². The van der Waals surface area contributed by atoms with Gasteiger partial charge >= 0.3 is 24.1 Å². The Labute approximate surface area is 251 Å². The Morgan fingerprint density at radius 2 is 1.41 bits per heavy atom. The average molecular weight is 613 g/mol. The summed E-state index contributed by atoms with van der Waals surface area (Å²) < 4.78 is 41.5. The van der Waals surface area contributed by atoms with Crippen molar-refractivity contribution >= 4 is 29.8 Å². The second kappa shape index (κ2) is 15.9. The van der Waals surface area contributed by atoms with Crippen LogP contribution in [0.3, 0.4) is 0 Å². The summed E-state index contributed by atoms with van der Waals surface area (Å²) in [6.45, 7) is 1.71. The number of ether oxygens (including phenoxy) is 1. The largest absolute Gasteiger partial charge is 0.491 e. The Kier molecular flexibility index (Phi) is 12.0. The van der Waals surface area contributed by atoms with Crippen molar-refractivity contribution in [2.24, 2.45) is 0 Å². The number of carbonyl (C=O) groups is 5. The zero-order chi connectivity index (χ0) is 32.1. The van der Waals surface area contributed by atoms with Gasteiger partial charge in [-0.05, 0) is 29.2 Å². The molecule has 4 N–H and O–H groups in total. The van der Waals surface area contributed by atoms with Gasteiger partial charge in [0.05, 0.1) is 19.0 Å². The number of hydrogen-bond donors (Lipinski definition) is 4. The zero-order valence-electron chi connectivity index (χ0n) is 23.7. The van der Waals surface area contributed by atoms with Gasteiger partial charge in [-0.2, -0.15) is 13.2 Å². The van der Waals surface area contributed by atoms with E-state index in [9.17, 15) is 37.1 Å². The molecule has 0 fully saturated rings. The molecule has 44 heavy (non-hydrogen) atoms. The van der Waals surface area contributed by atoms with Crippen molar-refractivity contribution < 1.29 is 41.9 Å². The molecule has 0 aliphatic carbocycles. The van der Waals surface area contributed by atoms with E-state index in [1.165, 1.54) is 0 Å². The highest BCUT2D eigenvalue weighted by Crippen LogP contribution is 2.24. The van der Waals surface area contributed by atoms with Gasteiger partial charge in [-0.1, -0.05) is 84.4 Å². The molecule has 0 aliphatic rings. The third-order valence-electron chi connectivity index (χ3n) is 6.22. The van der Waals surface area contributed by atoms with Gasteiger partial charge in [0.2, 0.25) is 11.8 Å². The van der Waals surface area contributed by atoms with Gasteiger partial charge in [-0.3, -0.25) is 14.4 Å². The van der Waals surface area contributed by atoms with Gasteiger partial charge in [-0.15, -0.1) is 0 Å². The standard InChI is InChI=1S/C31H31F3N4O6/c1-20-7-9-21(10-8-20)18-37-30(43)35-16-15-26(39)36-19-27(40)38-25(17-28(41)44-29(42)31(32,33)34)24-13-11-23(12-14-24)22-5-3-2-4-6-22/h2-14,25H,15-19H2,1H3,(H,36,39)(H,38,40)(H2,35,37,43). The maximum Gasteiger partial charge on any atom is 0.491 e. The molecule has 1 atom stereocenters. The summed E-state index contributed by atoms with van der Waals surface area (Å²) in [5.74, 6) is -5.48. The van der Waals surface area contributed by atoms with Crippen LogP contribution in [-0.2, 0) is 30.5 Å². The van der Waals surface area contributed by atoms with Crippen LogP contribution in [0.1, 0.15) is 35.6 Å². The number of alkyl halides is 3. The van der Waals surface area contributed by atoms with Crippen LogP contribution >= 0.6 is 0 Å². The smallest absolute Gasteiger partial charge is 0.386 e. The predicted octanol–water partition coefficient (Wildman–Crippen LogP) is 3.85. The molecule has 4 amide bonds. The Hall–Kier alpha value is -5.20. The number of carbonyl (C=O) groups excluding carboxylic acids is 5. The van der Waals surface area contributed by atoms with Gasteiger partial charge in [0.15, 0.2) is 0 Å². The number of rotatable bonds is 12. The summed E-state index contributed by atoms with van der Waals surface area (Å²) in [5, 5.41) is 10.0. The lowest BCUT2D eigenvalue weighted by atomic mass is 9.99. The van der Waals surface area contributed by atoms with Crippen LogP contribution in [0.5, 0.6) is 0 Å². The lowest BCUT2D eigenvalue weighted by Crippen LogP contribution is -2.41. The minimum absolute atomic E-state index is 0.0113. The maximum absolute atomic E-state index is 12.6. The first-order valence-corrected chi connectivity index (χ1v) is 13.5. The van der Waals surface area contributed by atoms with Crippen molar-refractivity contribution in [3.05, 3.63) is 95.6 Å². The van der Waals surface area contributed by atoms with E-state index in [1.54, 1.807) is 24.3 Å². The monoisotopic (exact) mass is 612 g/mol. The van der Waals surface area contributed by atoms with Crippen LogP contribution in [0.25, 0.3) is 11.1 Å². The van der Waals surface area contributed by atoms with Crippen molar-refractivity contribution in [3.63, 3.8) is 0 Å². The number of urea groups is 1. The van der Waals surface area contributed by atoms with Crippen molar-refractivity contribution in [1.29, 1.82) is 0 Å². The number of amides is 4. The molecule has 0 saturated heterocycles. The van der Waals surface area contributed by atoms with E-state index in [4.69, 9.17) is 0 Å². The normalized spacial score (nSPS) is 11.5. The summed E-state index contributed by atoms with van der Waals surface area (Å²) in [5.41, 5.74) is 4.03. The summed E-state index contributed by atoms with van der Waals surface area (Å²) in [7, 11) is 0. The first-order chi connectivity index (χ1) is 20.9. The molecule has 0 saturated carbocycles. The minimum atomic E-state index is -5.37. The molecule has 0 bridgehead atoms. The number of hydrogen-bond acceptors (Lipinski definition) is 6. The van der Waals surface area contributed by atoms with Gasteiger partial charge in [0.25, 0.3) is 0 Å². The summed E-state index contributed by atoms with van der Waals surface area (Å²) >= 11 is 0. The van der Waals surface area contributed by atoms with E-state index in [1.807, 2.05) is 61.5 Å². The molecule has 0 aliphatic heterocycles. The van der Waals surface area contributed by atoms with Crippen LogP contribution in [0.4, 0.5) is 18.0 Å². The second-order valence-corrected chi connectivity index (χ2v) is 9.69. The quantitative estimate of drug-likeness (QED) is 0.181. The van der Waals surface area contributed by atoms with E-state index in [2.05, 4.69) is 26.0 Å². The predicted molar refractivity (Wildman–Crippen MR) is 154 cm³/mol. The molecule has 10 nitrogen and oxygen atoms in total. The first-order valence-electron chi connectivity index (χ1n) is 13.5. The minimum Gasteiger partial charge on any atom is -0.386 e. The van der Waals surface area contributed by atoms with Crippen LogP contribution in [0.2, 0.25) is 0 Å². The van der Waals surface area contributed by atoms with Gasteiger partial charge in [0, 0.05) is 19.5 Å². The van der Waals surface area contributed by atoms with Crippen molar-refractivity contribution in [1.82, 2.24) is 21.3 Å². The third kappa shape index (κ3) is 11.2. The number of nitrogens with one attached hydrogen (secondary N) is 4. The second-order valence-electron chi connectivity index (χ2n) is 9.69. The Morgan fingerprint density at radius 3 is 2.05 bits per heavy atom. The number of esters is 2. The van der Waals surface area contributed by atoms with Gasteiger partial charge in [-0.25, -0.2) is 9.59 Å². The SMILES string of the molecule is Cc1ccc(CNC(=O)NCCC(=O)NCC(=O)NC(CC(=O)OC(=O)C(F)(F)F)c2ccc(-c3ccccc3)cc2)cc1. The molecule has 3 aromatic rings. The number of benzene rings is 3. The van der Waals surface area contributed by atoms with Crippen LogP contribution < -0.4 is 21.3 Å². The molecular formula is C31H31F3N4O6. The fraction of sp³-hybridized carbons (Fsp3) is 0.258. The fourth-order valence-corrected chi connectivity index (χ4v) is 3.91. The molecule has 1 unspecified atom stereocenters. The van der Waals surface area contributed by atoms with Crippen molar-refractivity contribution in [2.75, 3.05) is 13.1 Å². The highest BCUT2D eigenvalue weighted by Gasteiger charge is 2.42. The Morgan fingerprint density at radius 1 is 0.773 bits per heavy atom. The summed E-state index contributed by atoms with van der Waals surface area (Å²) in [6, 6.07) is 21.7. The molecule has 3 rings (SSSR count). The fourth-order valence-electron chi connectivity index (χ4n) is 3.91. The lowest BCUT2D eigenvalue weighted by molar-refractivity contribution is -0.202. The molecule has 0 heterocycles. The highest BCUT2D eigenvalue weighted by atomic mass is 19.4. The summed E-state index contributed by atoms with van der Waals surface area (Å²) in [4.78, 5) is 60.0. The molecule has 0 radical (unpaired) electrons. The first kappa shape index (κ1) is 33.3. The van der Waals surface area contributed by atoms with Crippen LogP contribution in [0, 0.1) is 6.92 Å². The van der Waals surface area contributed by atoms with E-state index in [0.717, 1.165) is 22.3 Å². The van der Waals surface area contributed by atoms with Crippen molar-refractivity contribution in [3.8, 4) is 11.1 Å². The molecule has 13 heteroatoms. The maximum atomic E-state index is 12.6. The average Bonchev–Trinajstić information content (AvgIpc) is 2.99. The molecule has 0 spiro atoms. The Balaban J connectivity index is 1.51. The van der Waals surface area contributed by atoms with Gasteiger partial charge < -0.3 is 26.0 Å². The molecule has 232 valence electrons. The van der Waals surface area contributed by atoms with E-state index < -0.39 is 55.0 Å². The summed E-state index contributed by atoms with van der Waals surface area (Å²) in [6.07, 6.45) is -6.29. The molecular weight excluding hydrogens is 581 g/mol. The number of halogens is 3. The van der Waals surface area contributed by atoms with Crippen molar-refractivity contribution in [2.45, 2.75) is 38.5 Å². The van der Waals surface area contributed by atoms with Crippen LogP contribution in [0.15, 0.2) is 78.9 Å². The van der Waals surface area contributed by atoms with Crippen LogP contribution in [-0.4, -0.2) is 49.0 Å². The Bertz CT molecular complexity index is 1450. The highest BCUT2D eigenvalue weighted by molar-refractivity contribution is 5.89. The third-order valence-corrected chi connectivity index (χ3v) is 6.22. The molecule has 0 aromatic heterocycles. The van der Waals surface area contributed by atoms with Gasteiger partial charge in [0.1, 0.15) is 0 Å². The number of aryl methyl sites for hydroxylation is 1. The topological polar surface area (TPSA) is 143 Å². The van der Waals surface area contributed by atoms with E-state index >= 15 is 0 Å². The zero-order valence-corrected chi connectivity index (χ0v) is 23.7. The molecule has 3 aromatic carbocycles. The lowest BCUT2D eigenvalue weighted by Gasteiger charge is -2.19. The van der Waals surface area contributed by atoms with E-state index in [0.29, 0.717) is 12.1 Å².